The van der Waals surface area contributed by atoms with E-state index in [1.807, 2.05) is 18.2 Å². The lowest BCUT2D eigenvalue weighted by Crippen LogP contribution is -2.16. The van der Waals surface area contributed by atoms with Crippen LogP contribution in [-0.2, 0) is 0 Å². The Morgan fingerprint density at radius 1 is 0.579 bits per heavy atom. The molecular weight excluding hydrogens is 464 g/mol. The zero-order valence-electron chi connectivity index (χ0n) is 23.9. The predicted molar refractivity (Wildman–Crippen MR) is 162 cm³/mol. The van der Waals surface area contributed by atoms with Gasteiger partial charge in [0.1, 0.15) is 0 Å². The summed E-state index contributed by atoms with van der Waals surface area (Å²) in [4.78, 5) is 0. The minimum atomic E-state index is 0.198. The second-order valence-corrected chi connectivity index (χ2v) is 11.0. The number of aromatic hydroxyl groups is 1. The summed E-state index contributed by atoms with van der Waals surface area (Å²) in [7, 11) is 0. The Kier molecular flexibility index (Phi) is 13.9. The van der Waals surface area contributed by atoms with Crippen molar-refractivity contribution in [3.63, 3.8) is 0 Å². The summed E-state index contributed by atoms with van der Waals surface area (Å²) in [5.41, 5.74) is 2.98. The smallest absolute Gasteiger partial charge is 0.161 e. The van der Waals surface area contributed by atoms with Crippen molar-refractivity contribution in [1.29, 1.82) is 0 Å². The number of phenols is 1. The Morgan fingerprint density at radius 3 is 1.82 bits per heavy atom. The monoisotopic (exact) mass is 514 g/mol. The van der Waals surface area contributed by atoms with Crippen molar-refractivity contribution in [1.82, 2.24) is 0 Å². The Hall–Kier alpha value is -2.74. The highest BCUT2D eigenvalue weighted by molar-refractivity contribution is 5.38. The number of hydrogen-bond donors (Lipinski definition) is 1. The fourth-order valence-corrected chi connectivity index (χ4v) is 5.54. The Balaban J connectivity index is 1.37. The molecule has 0 aliphatic rings. The van der Waals surface area contributed by atoms with Gasteiger partial charge in [-0.1, -0.05) is 132 Å². The van der Waals surface area contributed by atoms with Gasteiger partial charge in [0.25, 0.3) is 0 Å². The molecule has 0 heterocycles. The summed E-state index contributed by atoms with van der Waals surface area (Å²) in [5, 5.41) is 10.1. The first-order valence-corrected chi connectivity index (χ1v) is 15.2. The highest BCUT2D eigenvalue weighted by atomic mass is 16.5. The summed E-state index contributed by atoms with van der Waals surface area (Å²) in [6, 6.07) is 29.5. The summed E-state index contributed by atoms with van der Waals surface area (Å²) < 4.78 is 6.19. The lowest BCUT2D eigenvalue weighted by molar-refractivity contribution is 0.167. The fourth-order valence-electron chi connectivity index (χ4n) is 5.54. The maximum absolute atomic E-state index is 10.1. The van der Waals surface area contributed by atoms with Gasteiger partial charge >= 0.3 is 0 Å². The summed E-state index contributed by atoms with van der Waals surface area (Å²) in [5.74, 6) is 2.17. The minimum absolute atomic E-state index is 0.198. The first-order valence-electron chi connectivity index (χ1n) is 15.2. The van der Waals surface area contributed by atoms with Crippen LogP contribution in [0.1, 0.15) is 120 Å². The molecule has 3 rings (SSSR count). The second-order valence-electron chi connectivity index (χ2n) is 11.0. The van der Waals surface area contributed by atoms with E-state index < -0.39 is 0 Å². The molecule has 3 aromatic rings. The summed E-state index contributed by atoms with van der Waals surface area (Å²) in [6.45, 7) is 4.59. The molecule has 2 heteroatoms. The average molecular weight is 515 g/mol. The van der Waals surface area contributed by atoms with Crippen molar-refractivity contribution < 1.29 is 9.84 Å². The van der Waals surface area contributed by atoms with Gasteiger partial charge in [0.15, 0.2) is 11.5 Å². The molecule has 3 aromatic carbocycles. The van der Waals surface area contributed by atoms with Crippen LogP contribution in [0, 0.1) is 0 Å². The number of benzene rings is 3. The van der Waals surface area contributed by atoms with E-state index in [2.05, 4.69) is 74.5 Å². The van der Waals surface area contributed by atoms with Crippen molar-refractivity contribution in [2.75, 3.05) is 0 Å². The first-order chi connectivity index (χ1) is 18.7. The Bertz CT molecular complexity index is 984. The summed E-state index contributed by atoms with van der Waals surface area (Å²) >= 11 is 0. The third-order valence-corrected chi connectivity index (χ3v) is 7.95. The number of hydrogen-bond acceptors (Lipinski definition) is 2. The van der Waals surface area contributed by atoms with Crippen LogP contribution in [0.15, 0.2) is 84.9 Å². The van der Waals surface area contributed by atoms with Crippen LogP contribution in [0.5, 0.6) is 11.5 Å². The molecule has 206 valence electrons. The standard InChI is InChI=1S/C36H50O2/c1-3-4-26-34(38-36-29-17-16-28-35(36)37)27-15-7-5-6-10-22-33(32-23-13-9-14-24-32)25-18-19-30(2)31-20-11-8-12-21-31/h8-9,11-14,16-17,20-21,23-24,28-30,33-34,37H,3-7,10,15,18-19,22,25-27H2,1-2H3. The van der Waals surface area contributed by atoms with E-state index in [1.54, 1.807) is 6.07 Å². The van der Waals surface area contributed by atoms with Crippen molar-refractivity contribution in [2.24, 2.45) is 0 Å². The van der Waals surface area contributed by atoms with Crippen molar-refractivity contribution in [2.45, 2.75) is 115 Å². The van der Waals surface area contributed by atoms with Crippen LogP contribution in [0.4, 0.5) is 0 Å². The zero-order chi connectivity index (χ0) is 26.8. The number of para-hydroxylation sites is 2. The van der Waals surface area contributed by atoms with Gasteiger partial charge in [-0.3, -0.25) is 0 Å². The number of unbranched alkanes of at least 4 members (excludes halogenated alkanes) is 5. The lowest BCUT2D eigenvalue weighted by Gasteiger charge is -2.20. The molecule has 0 aliphatic heterocycles. The highest BCUT2D eigenvalue weighted by Gasteiger charge is 2.14. The molecule has 3 atom stereocenters. The van der Waals surface area contributed by atoms with E-state index in [9.17, 15) is 5.11 Å². The minimum Gasteiger partial charge on any atom is -0.504 e. The van der Waals surface area contributed by atoms with Crippen LogP contribution in [0.3, 0.4) is 0 Å². The quantitative estimate of drug-likeness (QED) is 0.161. The van der Waals surface area contributed by atoms with Crippen molar-refractivity contribution >= 4 is 0 Å². The van der Waals surface area contributed by atoms with E-state index >= 15 is 0 Å². The molecule has 0 saturated carbocycles. The molecule has 0 amide bonds. The molecule has 0 saturated heterocycles. The van der Waals surface area contributed by atoms with E-state index in [0.29, 0.717) is 17.6 Å². The second kappa shape index (κ2) is 17.7. The Labute approximate surface area is 232 Å². The third-order valence-electron chi connectivity index (χ3n) is 7.95. The van der Waals surface area contributed by atoms with Gasteiger partial charge in [-0.15, -0.1) is 0 Å². The van der Waals surface area contributed by atoms with E-state index in [4.69, 9.17) is 4.74 Å². The van der Waals surface area contributed by atoms with Gasteiger partial charge in [0, 0.05) is 0 Å². The van der Waals surface area contributed by atoms with E-state index in [1.165, 1.54) is 81.8 Å². The predicted octanol–water partition coefficient (Wildman–Crippen LogP) is 10.8. The largest absolute Gasteiger partial charge is 0.504 e. The van der Waals surface area contributed by atoms with Crippen LogP contribution in [-0.4, -0.2) is 11.2 Å². The molecule has 38 heavy (non-hydrogen) atoms. The summed E-state index contributed by atoms with van der Waals surface area (Å²) in [6.07, 6.45) is 16.2. The topological polar surface area (TPSA) is 29.5 Å². The van der Waals surface area contributed by atoms with Gasteiger partial charge in [0.2, 0.25) is 0 Å². The Morgan fingerprint density at radius 2 is 1.13 bits per heavy atom. The molecular formula is C36H50O2. The van der Waals surface area contributed by atoms with E-state index in [-0.39, 0.29) is 11.9 Å². The molecule has 0 radical (unpaired) electrons. The van der Waals surface area contributed by atoms with Crippen LogP contribution < -0.4 is 4.74 Å². The van der Waals surface area contributed by atoms with Gasteiger partial charge < -0.3 is 9.84 Å². The third kappa shape index (κ3) is 10.9. The SMILES string of the molecule is CCCCC(CCCCCCCC(CCCC(C)c1ccccc1)c1ccccc1)Oc1ccccc1O. The average Bonchev–Trinajstić information content (AvgIpc) is 2.96. The van der Waals surface area contributed by atoms with Crippen LogP contribution >= 0.6 is 0 Å². The van der Waals surface area contributed by atoms with Gasteiger partial charge in [-0.2, -0.15) is 0 Å². The van der Waals surface area contributed by atoms with Crippen LogP contribution in [0.2, 0.25) is 0 Å². The molecule has 2 nitrogen and oxygen atoms in total. The molecule has 0 aliphatic carbocycles. The zero-order valence-corrected chi connectivity index (χ0v) is 23.9. The van der Waals surface area contributed by atoms with Crippen molar-refractivity contribution in [3.05, 3.63) is 96.1 Å². The normalized spacial score (nSPS) is 13.6. The van der Waals surface area contributed by atoms with Gasteiger partial charge in [-0.05, 0) is 73.6 Å². The highest BCUT2D eigenvalue weighted by Crippen LogP contribution is 2.31. The first kappa shape index (κ1) is 29.8. The molecule has 0 bridgehead atoms. The molecule has 0 spiro atoms. The number of rotatable bonds is 19. The molecule has 3 unspecified atom stereocenters. The number of ether oxygens (including phenoxy) is 1. The van der Waals surface area contributed by atoms with E-state index in [0.717, 1.165) is 12.8 Å². The van der Waals surface area contributed by atoms with Gasteiger partial charge in [-0.25, -0.2) is 0 Å². The van der Waals surface area contributed by atoms with Crippen molar-refractivity contribution in [3.8, 4) is 11.5 Å². The maximum Gasteiger partial charge on any atom is 0.161 e. The molecule has 1 N–H and O–H groups in total. The molecule has 0 aromatic heterocycles. The number of phenolic OH excluding ortho intramolecular Hbond substituents is 1. The fraction of sp³-hybridized carbons (Fsp3) is 0.500. The molecule has 0 fully saturated rings. The van der Waals surface area contributed by atoms with Gasteiger partial charge in [0.05, 0.1) is 6.10 Å². The van der Waals surface area contributed by atoms with Crippen LogP contribution in [0.25, 0.3) is 0 Å². The maximum atomic E-state index is 10.1. The lowest BCUT2D eigenvalue weighted by atomic mass is 9.86.